The molecule has 0 spiro atoms. The number of carbonyl (C=O) groups excluding carboxylic acids is 1. The van der Waals surface area contributed by atoms with Gasteiger partial charge in [-0.25, -0.2) is 8.42 Å². The van der Waals surface area contributed by atoms with Gasteiger partial charge in [0.25, 0.3) is 5.91 Å². The van der Waals surface area contributed by atoms with Crippen molar-refractivity contribution in [2.45, 2.75) is 37.1 Å². The van der Waals surface area contributed by atoms with Crippen LogP contribution in [0.5, 0.6) is 0 Å². The Kier molecular flexibility index (Phi) is 5.64. The molecule has 30 heavy (non-hydrogen) atoms. The molecule has 1 fully saturated rings. The molecule has 160 valence electrons. The fraction of sp³-hybridized carbons (Fsp3) is 0.444. The van der Waals surface area contributed by atoms with E-state index in [4.69, 9.17) is 0 Å². The molecule has 0 aliphatic carbocycles. The van der Waals surface area contributed by atoms with Crippen molar-refractivity contribution in [3.63, 3.8) is 0 Å². The third kappa shape index (κ3) is 3.86. The largest absolute Gasteiger partial charge is 0.404 e. The zero-order valence-electron chi connectivity index (χ0n) is 16.0. The van der Waals surface area contributed by atoms with E-state index in [2.05, 4.69) is 21.0 Å². The van der Waals surface area contributed by atoms with E-state index in [1.165, 1.54) is 15.2 Å². The lowest BCUT2D eigenvalue weighted by Crippen LogP contribution is -2.38. The van der Waals surface area contributed by atoms with Crippen LogP contribution in [-0.4, -0.2) is 53.0 Å². The summed E-state index contributed by atoms with van der Waals surface area (Å²) >= 11 is 3.07. The van der Waals surface area contributed by atoms with Crippen LogP contribution in [0.1, 0.15) is 24.8 Å². The summed E-state index contributed by atoms with van der Waals surface area (Å²) in [5.74, 6) is -0.616. The number of aryl methyl sites for hydroxylation is 1. The Morgan fingerprint density at radius 1 is 1.20 bits per heavy atom. The highest BCUT2D eigenvalue weighted by atomic mass is 79.9. The minimum Gasteiger partial charge on any atom is -0.358 e. The number of benzene rings is 1. The number of anilines is 1. The standard InChI is InChI=1S/C18H20BrN5O5S/c19-15-11-21(20-18(15)24(26)27)12-17(25)23-9-3-4-13-10-14(5-6-16(13)23)30(28,29)22-7-1-2-8-22/h5-6,10-11H,1-4,7-9,12H2. The van der Waals surface area contributed by atoms with Crippen molar-refractivity contribution in [3.05, 3.63) is 44.5 Å². The Labute approximate surface area is 181 Å². The second-order valence-corrected chi connectivity index (χ2v) is 10.1. The topological polar surface area (TPSA) is 119 Å². The molecular weight excluding hydrogens is 478 g/mol. The second-order valence-electron chi connectivity index (χ2n) is 7.31. The number of hydrogen-bond donors (Lipinski definition) is 0. The van der Waals surface area contributed by atoms with Crippen molar-refractivity contribution in [1.82, 2.24) is 14.1 Å². The summed E-state index contributed by atoms with van der Waals surface area (Å²) in [6.07, 6.45) is 4.52. The fourth-order valence-corrected chi connectivity index (χ4v) is 5.91. The molecule has 0 radical (unpaired) electrons. The first-order chi connectivity index (χ1) is 14.3. The molecule has 2 aromatic rings. The zero-order chi connectivity index (χ0) is 21.5. The summed E-state index contributed by atoms with van der Waals surface area (Å²) in [7, 11) is -3.52. The van der Waals surface area contributed by atoms with Crippen molar-refractivity contribution in [2.75, 3.05) is 24.5 Å². The molecular formula is C18H20BrN5O5S. The van der Waals surface area contributed by atoms with Gasteiger partial charge in [0.15, 0.2) is 0 Å². The van der Waals surface area contributed by atoms with Crippen molar-refractivity contribution >= 4 is 43.4 Å². The Hall–Kier alpha value is -2.31. The lowest BCUT2D eigenvalue weighted by molar-refractivity contribution is -0.390. The molecule has 1 saturated heterocycles. The number of hydrogen-bond acceptors (Lipinski definition) is 6. The predicted octanol–water partition coefficient (Wildman–Crippen LogP) is 2.32. The molecule has 0 bridgehead atoms. The average molecular weight is 498 g/mol. The summed E-state index contributed by atoms with van der Waals surface area (Å²) < 4.78 is 28.6. The van der Waals surface area contributed by atoms with E-state index in [1.807, 2.05) is 0 Å². The number of carbonyl (C=O) groups is 1. The first-order valence-electron chi connectivity index (χ1n) is 9.58. The van der Waals surface area contributed by atoms with Crippen LogP contribution in [0.25, 0.3) is 0 Å². The monoisotopic (exact) mass is 497 g/mol. The highest BCUT2D eigenvalue weighted by Gasteiger charge is 2.30. The first-order valence-corrected chi connectivity index (χ1v) is 11.8. The molecule has 10 nitrogen and oxygen atoms in total. The van der Waals surface area contributed by atoms with E-state index >= 15 is 0 Å². The van der Waals surface area contributed by atoms with E-state index in [1.54, 1.807) is 23.1 Å². The van der Waals surface area contributed by atoms with Gasteiger partial charge in [0.2, 0.25) is 10.0 Å². The van der Waals surface area contributed by atoms with Gasteiger partial charge in [-0.05, 0) is 70.3 Å². The molecule has 1 aromatic carbocycles. The number of aromatic nitrogens is 2. The van der Waals surface area contributed by atoms with Gasteiger partial charge in [-0.3, -0.25) is 4.79 Å². The van der Waals surface area contributed by atoms with Crippen LogP contribution in [0, 0.1) is 10.1 Å². The van der Waals surface area contributed by atoms with Crippen LogP contribution in [-0.2, 0) is 27.8 Å². The van der Waals surface area contributed by atoms with E-state index in [-0.39, 0.29) is 27.6 Å². The number of nitrogens with zero attached hydrogens (tertiary/aromatic N) is 5. The number of halogens is 1. The van der Waals surface area contributed by atoms with Crippen molar-refractivity contribution in [2.24, 2.45) is 0 Å². The van der Waals surface area contributed by atoms with Gasteiger partial charge >= 0.3 is 5.82 Å². The lowest BCUT2D eigenvalue weighted by atomic mass is 10.0. The molecule has 1 amide bonds. The van der Waals surface area contributed by atoms with Crippen LogP contribution in [0.2, 0.25) is 0 Å². The molecule has 0 N–H and O–H groups in total. The Balaban J connectivity index is 1.57. The second kappa shape index (κ2) is 8.08. The highest BCUT2D eigenvalue weighted by molar-refractivity contribution is 9.10. The Morgan fingerprint density at radius 3 is 2.60 bits per heavy atom. The third-order valence-electron chi connectivity index (χ3n) is 5.34. The van der Waals surface area contributed by atoms with Crippen molar-refractivity contribution in [3.8, 4) is 0 Å². The number of sulfonamides is 1. The normalized spacial score (nSPS) is 17.2. The lowest BCUT2D eigenvalue weighted by Gasteiger charge is -2.30. The van der Waals surface area contributed by atoms with Gasteiger partial charge in [-0.2, -0.15) is 8.99 Å². The Morgan fingerprint density at radius 2 is 1.93 bits per heavy atom. The smallest absolute Gasteiger partial charge is 0.358 e. The molecule has 0 unspecified atom stereocenters. The maximum absolute atomic E-state index is 12.9. The first kappa shape index (κ1) is 20.9. The number of rotatable bonds is 5. The quantitative estimate of drug-likeness (QED) is 0.461. The van der Waals surface area contributed by atoms with Gasteiger partial charge in [-0.1, -0.05) is 0 Å². The average Bonchev–Trinajstić information content (AvgIpc) is 3.37. The zero-order valence-corrected chi connectivity index (χ0v) is 18.4. The third-order valence-corrected chi connectivity index (χ3v) is 7.80. The van der Waals surface area contributed by atoms with Crippen LogP contribution >= 0.6 is 15.9 Å². The molecule has 2 aliphatic rings. The van der Waals surface area contributed by atoms with Crippen molar-refractivity contribution in [1.29, 1.82) is 0 Å². The number of fused-ring (bicyclic) bond motifs is 1. The molecule has 3 heterocycles. The van der Waals surface area contributed by atoms with E-state index in [0.717, 1.165) is 18.4 Å². The van der Waals surface area contributed by atoms with Crippen LogP contribution in [0.4, 0.5) is 11.5 Å². The van der Waals surface area contributed by atoms with Gasteiger partial charge < -0.3 is 15.0 Å². The molecule has 1 aromatic heterocycles. The predicted molar refractivity (Wildman–Crippen MR) is 112 cm³/mol. The van der Waals surface area contributed by atoms with Gasteiger partial charge in [0, 0.05) is 25.3 Å². The SMILES string of the molecule is O=C(Cn1cc(Br)c([N+](=O)[O-])n1)N1CCCc2cc(S(=O)(=O)N3CCCC3)ccc21. The van der Waals surface area contributed by atoms with Gasteiger partial charge in [0.1, 0.15) is 11.0 Å². The number of nitro groups is 1. The van der Waals surface area contributed by atoms with Gasteiger partial charge in [0.05, 0.1) is 16.2 Å². The van der Waals surface area contributed by atoms with Crippen LogP contribution < -0.4 is 4.90 Å². The van der Waals surface area contributed by atoms with Gasteiger partial charge in [-0.15, -0.1) is 0 Å². The Bertz CT molecular complexity index is 1110. The molecule has 12 heteroatoms. The van der Waals surface area contributed by atoms with Crippen LogP contribution in [0.15, 0.2) is 33.8 Å². The number of amides is 1. The fourth-order valence-electron chi connectivity index (χ4n) is 3.89. The van der Waals surface area contributed by atoms with E-state index in [0.29, 0.717) is 38.2 Å². The maximum atomic E-state index is 12.9. The summed E-state index contributed by atoms with van der Waals surface area (Å²) in [5.41, 5.74) is 1.48. The summed E-state index contributed by atoms with van der Waals surface area (Å²) in [6, 6.07) is 4.89. The molecule has 4 rings (SSSR count). The molecule has 0 saturated carbocycles. The summed E-state index contributed by atoms with van der Waals surface area (Å²) in [6.45, 7) is 1.42. The molecule has 0 atom stereocenters. The van der Waals surface area contributed by atoms with Crippen molar-refractivity contribution < 1.29 is 18.1 Å². The van der Waals surface area contributed by atoms with E-state index < -0.39 is 14.9 Å². The summed E-state index contributed by atoms with van der Waals surface area (Å²) in [4.78, 5) is 25.0. The van der Waals surface area contributed by atoms with E-state index in [9.17, 15) is 23.3 Å². The maximum Gasteiger partial charge on any atom is 0.404 e. The minimum atomic E-state index is -3.52. The summed E-state index contributed by atoms with van der Waals surface area (Å²) in [5, 5.41) is 14.8. The minimum absolute atomic E-state index is 0.153. The molecule has 2 aliphatic heterocycles. The highest BCUT2D eigenvalue weighted by Crippen LogP contribution is 2.31. The van der Waals surface area contributed by atoms with Crippen LogP contribution in [0.3, 0.4) is 0 Å².